The first kappa shape index (κ1) is 10.2. The van der Waals surface area contributed by atoms with Crippen LogP contribution in [0.3, 0.4) is 0 Å². The van der Waals surface area contributed by atoms with E-state index in [2.05, 4.69) is 38.8 Å². The van der Waals surface area contributed by atoms with Crippen molar-refractivity contribution in [2.24, 2.45) is 0 Å². The van der Waals surface area contributed by atoms with Crippen molar-refractivity contribution >= 4 is 8.07 Å². The molecule has 0 amide bonds. The van der Waals surface area contributed by atoms with E-state index in [-0.39, 0.29) is 0 Å². The van der Waals surface area contributed by atoms with E-state index in [0.717, 1.165) is 0 Å². The van der Waals surface area contributed by atoms with Crippen molar-refractivity contribution in [2.45, 2.75) is 46.0 Å². The Balaban J connectivity index is 3.36. The van der Waals surface area contributed by atoms with Crippen molar-refractivity contribution < 1.29 is 0 Å². The molecular formula is C8H21NSi. The molecule has 2 heteroatoms. The van der Waals surface area contributed by atoms with Crippen LogP contribution in [0, 0.1) is 0 Å². The van der Waals surface area contributed by atoms with Gasteiger partial charge in [-0.05, 0) is 19.5 Å². The Hall–Kier alpha value is 0.177. The van der Waals surface area contributed by atoms with Crippen LogP contribution < -0.4 is 5.32 Å². The highest BCUT2D eigenvalue weighted by atomic mass is 28.3. The molecule has 0 rings (SSSR count). The molecule has 1 atom stereocenters. The van der Waals surface area contributed by atoms with Crippen LogP contribution in [0.15, 0.2) is 0 Å². The highest BCUT2D eigenvalue weighted by Crippen LogP contribution is 1.98. The summed E-state index contributed by atoms with van der Waals surface area (Å²) in [5, 5.41) is 3.53. The molecule has 0 aliphatic heterocycles. The second-order valence-electron chi connectivity index (χ2n) is 4.25. The predicted octanol–water partition coefficient (Wildman–Crippen LogP) is 2.25. The fourth-order valence-electron chi connectivity index (χ4n) is 0.625. The second-order valence-corrected chi connectivity index (χ2v) is 9.73. The standard InChI is InChI=1S/C8H21NSi/c1-6-8(2)9-7-10(3,4)5/h8-9H,6-7H2,1-5H3. The van der Waals surface area contributed by atoms with Crippen LogP contribution in [-0.4, -0.2) is 20.3 Å². The van der Waals surface area contributed by atoms with E-state index in [1.807, 2.05) is 0 Å². The van der Waals surface area contributed by atoms with Crippen molar-refractivity contribution in [3.8, 4) is 0 Å². The topological polar surface area (TPSA) is 12.0 Å². The fourth-order valence-corrected chi connectivity index (χ4v) is 1.59. The van der Waals surface area contributed by atoms with Crippen LogP contribution >= 0.6 is 0 Å². The SMILES string of the molecule is CCC(C)NC[Si](C)(C)C. The molecule has 0 aromatic heterocycles. The largest absolute Gasteiger partial charge is 0.317 e. The quantitative estimate of drug-likeness (QED) is 0.620. The first-order chi connectivity index (χ1) is 4.45. The number of rotatable bonds is 4. The lowest BCUT2D eigenvalue weighted by Crippen LogP contribution is -2.40. The normalized spacial score (nSPS) is 15.3. The van der Waals surface area contributed by atoms with Gasteiger partial charge in [0.1, 0.15) is 0 Å². The van der Waals surface area contributed by atoms with E-state index in [4.69, 9.17) is 0 Å². The van der Waals surface area contributed by atoms with E-state index < -0.39 is 8.07 Å². The molecule has 0 saturated carbocycles. The molecule has 10 heavy (non-hydrogen) atoms. The molecule has 0 spiro atoms. The van der Waals surface area contributed by atoms with Crippen molar-refractivity contribution in [3.63, 3.8) is 0 Å². The molecule has 0 aromatic carbocycles. The lowest BCUT2D eigenvalue weighted by atomic mass is 10.3. The van der Waals surface area contributed by atoms with Gasteiger partial charge in [-0.1, -0.05) is 26.6 Å². The summed E-state index contributed by atoms with van der Waals surface area (Å²) in [6.07, 6.45) is 2.49. The maximum absolute atomic E-state index is 3.53. The van der Waals surface area contributed by atoms with Gasteiger partial charge in [-0.25, -0.2) is 0 Å². The third-order valence-corrected chi connectivity index (χ3v) is 2.86. The van der Waals surface area contributed by atoms with Crippen molar-refractivity contribution in [1.82, 2.24) is 5.32 Å². The van der Waals surface area contributed by atoms with E-state index in [1.165, 1.54) is 12.6 Å². The molecule has 0 aliphatic rings. The summed E-state index contributed by atoms with van der Waals surface area (Å²) in [6, 6.07) is 0.701. The van der Waals surface area contributed by atoms with Gasteiger partial charge in [-0.2, -0.15) is 0 Å². The van der Waals surface area contributed by atoms with Crippen LogP contribution in [0.2, 0.25) is 19.6 Å². The molecular weight excluding hydrogens is 138 g/mol. The summed E-state index contributed by atoms with van der Waals surface area (Å²) in [7, 11) is -0.847. The first-order valence-electron chi connectivity index (χ1n) is 4.19. The highest BCUT2D eigenvalue weighted by Gasteiger charge is 2.12. The Labute approximate surface area is 66.2 Å². The summed E-state index contributed by atoms with van der Waals surface area (Å²) < 4.78 is 0. The van der Waals surface area contributed by atoms with Gasteiger partial charge in [0.25, 0.3) is 0 Å². The minimum absolute atomic E-state index is 0.701. The van der Waals surface area contributed by atoms with Crippen LogP contribution in [0.25, 0.3) is 0 Å². The summed E-state index contributed by atoms with van der Waals surface area (Å²) >= 11 is 0. The Morgan fingerprint density at radius 2 is 1.80 bits per heavy atom. The maximum Gasteiger partial charge on any atom is 0.0596 e. The molecule has 1 N–H and O–H groups in total. The molecule has 0 bridgehead atoms. The number of hydrogen-bond acceptors (Lipinski definition) is 1. The zero-order chi connectivity index (χ0) is 8.20. The lowest BCUT2D eigenvalue weighted by molar-refractivity contribution is 0.575. The fraction of sp³-hybridized carbons (Fsp3) is 1.00. The molecule has 0 fully saturated rings. The second kappa shape index (κ2) is 4.14. The maximum atomic E-state index is 3.53. The van der Waals surface area contributed by atoms with Gasteiger partial charge in [-0.3, -0.25) is 0 Å². The zero-order valence-corrected chi connectivity index (χ0v) is 8.99. The average molecular weight is 159 g/mol. The van der Waals surface area contributed by atoms with Gasteiger partial charge < -0.3 is 5.32 Å². The van der Waals surface area contributed by atoms with Crippen molar-refractivity contribution in [1.29, 1.82) is 0 Å². The molecule has 0 aromatic rings. The van der Waals surface area contributed by atoms with E-state index in [1.54, 1.807) is 0 Å². The first-order valence-corrected chi connectivity index (χ1v) is 7.90. The van der Waals surface area contributed by atoms with Crippen LogP contribution in [0.4, 0.5) is 0 Å². The van der Waals surface area contributed by atoms with Crippen LogP contribution in [0.1, 0.15) is 20.3 Å². The predicted molar refractivity (Wildman–Crippen MR) is 51.1 cm³/mol. The number of nitrogens with one attached hydrogen (secondary N) is 1. The Morgan fingerprint density at radius 1 is 1.30 bits per heavy atom. The molecule has 0 saturated heterocycles. The molecule has 0 radical (unpaired) electrons. The van der Waals surface area contributed by atoms with Gasteiger partial charge in [-0.15, -0.1) is 0 Å². The number of hydrogen-bond donors (Lipinski definition) is 1. The molecule has 1 unspecified atom stereocenters. The summed E-state index contributed by atoms with van der Waals surface area (Å²) in [4.78, 5) is 0. The van der Waals surface area contributed by atoms with Crippen LogP contribution in [0.5, 0.6) is 0 Å². The smallest absolute Gasteiger partial charge is 0.0596 e. The lowest BCUT2D eigenvalue weighted by Gasteiger charge is -2.19. The minimum Gasteiger partial charge on any atom is -0.317 e. The Morgan fingerprint density at radius 3 is 2.10 bits per heavy atom. The van der Waals surface area contributed by atoms with E-state index >= 15 is 0 Å². The van der Waals surface area contributed by atoms with Crippen molar-refractivity contribution in [3.05, 3.63) is 0 Å². The third kappa shape index (κ3) is 6.30. The summed E-state index contributed by atoms with van der Waals surface area (Å²) in [6.45, 7) is 11.6. The van der Waals surface area contributed by atoms with Gasteiger partial charge in [0.15, 0.2) is 0 Å². The van der Waals surface area contributed by atoms with Gasteiger partial charge >= 0.3 is 0 Å². The third-order valence-electron chi connectivity index (χ3n) is 1.59. The molecule has 62 valence electrons. The average Bonchev–Trinajstić information content (AvgIpc) is 1.81. The van der Waals surface area contributed by atoms with E-state index in [0.29, 0.717) is 6.04 Å². The van der Waals surface area contributed by atoms with Gasteiger partial charge in [0, 0.05) is 6.04 Å². The van der Waals surface area contributed by atoms with E-state index in [9.17, 15) is 0 Å². The van der Waals surface area contributed by atoms with Gasteiger partial charge in [0.05, 0.1) is 8.07 Å². The molecule has 0 heterocycles. The molecule has 1 nitrogen and oxygen atoms in total. The summed E-state index contributed by atoms with van der Waals surface area (Å²) in [5.41, 5.74) is 0. The van der Waals surface area contributed by atoms with Crippen molar-refractivity contribution in [2.75, 3.05) is 6.17 Å². The Bertz CT molecular complexity index is 85.7. The summed E-state index contributed by atoms with van der Waals surface area (Å²) in [5.74, 6) is 0. The monoisotopic (exact) mass is 159 g/mol. The van der Waals surface area contributed by atoms with Crippen LogP contribution in [-0.2, 0) is 0 Å². The molecule has 0 aliphatic carbocycles. The Kier molecular flexibility index (Phi) is 4.21. The van der Waals surface area contributed by atoms with Gasteiger partial charge in [0.2, 0.25) is 0 Å². The minimum atomic E-state index is -0.847. The highest BCUT2D eigenvalue weighted by molar-refractivity contribution is 6.76. The zero-order valence-electron chi connectivity index (χ0n) is 7.99.